The summed E-state index contributed by atoms with van der Waals surface area (Å²) in [4.78, 5) is 6.62. The summed E-state index contributed by atoms with van der Waals surface area (Å²) in [6, 6.07) is 11.7. The Morgan fingerprint density at radius 2 is 1.96 bits per heavy atom. The number of para-hydroxylation sites is 2. The topological polar surface area (TPSA) is 47.7 Å². The van der Waals surface area contributed by atoms with Crippen LogP contribution in [-0.2, 0) is 13.1 Å². The number of ether oxygens (including phenoxy) is 2. The maximum Gasteiger partial charge on any atom is 0.209 e. The lowest BCUT2D eigenvalue weighted by Gasteiger charge is -2.21. The second kappa shape index (κ2) is 6.34. The molecule has 0 atom stereocenters. The van der Waals surface area contributed by atoms with Crippen molar-refractivity contribution in [3.05, 3.63) is 52.9 Å². The predicted octanol–water partition coefficient (Wildman–Crippen LogP) is 3.88. The Bertz CT molecular complexity index is 845. The number of benzene rings is 2. The van der Waals surface area contributed by atoms with Gasteiger partial charge in [0.15, 0.2) is 17.1 Å². The van der Waals surface area contributed by atoms with Crippen molar-refractivity contribution in [1.82, 2.24) is 9.88 Å². The van der Waals surface area contributed by atoms with Gasteiger partial charge in [0.25, 0.3) is 0 Å². The molecule has 24 heavy (non-hydrogen) atoms. The van der Waals surface area contributed by atoms with Gasteiger partial charge >= 0.3 is 0 Å². The molecule has 0 fully saturated rings. The van der Waals surface area contributed by atoms with Crippen molar-refractivity contribution >= 4 is 22.7 Å². The molecule has 1 aliphatic rings. The standard InChI is InChI=1S/C18H17ClN2O3/c1-21(11-17-20-14-4-2-3-5-15(14)24-17)10-12-8-13(19)18-16(9-12)22-6-7-23-18/h2-5,8-9H,6-7,10-11H2,1H3. The first kappa shape index (κ1) is 15.3. The number of halogens is 1. The number of aromatic nitrogens is 1. The van der Waals surface area contributed by atoms with Crippen LogP contribution >= 0.6 is 11.6 Å². The van der Waals surface area contributed by atoms with Gasteiger partial charge in [-0.1, -0.05) is 23.7 Å². The number of oxazole rings is 1. The van der Waals surface area contributed by atoms with Crippen LogP contribution in [0, 0.1) is 0 Å². The molecule has 0 unspecified atom stereocenters. The zero-order valence-electron chi connectivity index (χ0n) is 13.3. The normalized spacial score (nSPS) is 13.6. The highest BCUT2D eigenvalue weighted by molar-refractivity contribution is 6.32. The largest absolute Gasteiger partial charge is 0.486 e. The molecule has 2 heterocycles. The van der Waals surface area contributed by atoms with E-state index in [4.69, 9.17) is 25.5 Å². The third-order valence-corrected chi connectivity index (χ3v) is 4.13. The molecule has 0 radical (unpaired) electrons. The Kier molecular flexibility index (Phi) is 4.04. The van der Waals surface area contributed by atoms with Gasteiger partial charge in [-0.3, -0.25) is 4.90 Å². The fourth-order valence-corrected chi connectivity index (χ4v) is 3.13. The van der Waals surface area contributed by atoms with E-state index < -0.39 is 0 Å². The third-order valence-electron chi connectivity index (χ3n) is 3.85. The lowest BCUT2D eigenvalue weighted by molar-refractivity contribution is 0.171. The van der Waals surface area contributed by atoms with E-state index in [0.717, 1.165) is 16.7 Å². The van der Waals surface area contributed by atoms with Gasteiger partial charge in [-0.05, 0) is 36.9 Å². The molecule has 2 aromatic carbocycles. The van der Waals surface area contributed by atoms with Gasteiger partial charge in [-0.15, -0.1) is 0 Å². The van der Waals surface area contributed by atoms with Crippen molar-refractivity contribution in [2.24, 2.45) is 0 Å². The molecular weight excluding hydrogens is 328 g/mol. The molecule has 4 rings (SSSR count). The van der Waals surface area contributed by atoms with Gasteiger partial charge in [0.05, 0.1) is 11.6 Å². The molecule has 0 saturated carbocycles. The highest BCUT2D eigenvalue weighted by Crippen LogP contribution is 2.38. The minimum absolute atomic E-state index is 0.531. The van der Waals surface area contributed by atoms with Gasteiger partial charge in [0.1, 0.15) is 18.7 Å². The van der Waals surface area contributed by atoms with Crippen molar-refractivity contribution < 1.29 is 13.9 Å². The van der Waals surface area contributed by atoms with Gasteiger partial charge in [-0.2, -0.15) is 0 Å². The van der Waals surface area contributed by atoms with Gasteiger partial charge in [0, 0.05) is 6.54 Å². The summed E-state index contributed by atoms with van der Waals surface area (Å²) in [6.45, 7) is 2.39. The van der Waals surface area contributed by atoms with Crippen LogP contribution in [0.3, 0.4) is 0 Å². The Labute approximate surface area is 144 Å². The molecule has 0 N–H and O–H groups in total. The number of hydrogen-bond donors (Lipinski definition) is 0. The zero-order chi connectivity index (χ0) is 16.5. The van der Waals surface area contributed by atoms with Gasteiger partial charge in [-0.25, -0.2) is 4.98 Å². The lowest BCUT2D eigenvalue weighted by Crippen LogP contribution is -2.19. The van der Waals surface area contributed by atoms with Crippen LogP contribution in [0.25, 0.3) is 11.1 Å². The van der Waals surface area contributed by atoms with E-state index in [2.05, 4.69) is 9.88 Å². The molecule has 5 nitrogen and oxygen atoms in total. The summed E-state index contributed by atoms with van der Waals surface area (Å²) in [7, 11) is 2.01. The first-order chi connectivity index (χ1) is 11.7. The Morgan fingerprint density at radius 1 is 1.12 bits per heavy atom. The maximum absolute atomic E-state index is 6.29. The molecular formula is C18H17ClN2O3. The number of fused-ring (bicyclic) bond motifs is 2. The lowest BCUT2D eigenvalue weighted by atomic mass is 10.2. The van der Waals surface area contributed by atoms with E-state index in [1.54, 1.807) is 0 Å². The summed E-state index contributed by atoms with van der Waals surface area (Å²) in [5.74, 6) is 2.04. The number of nitrogens with zero attached hydrogens (tertiary/aromatic N) is 2. The zero-order valence-corrected chi connectivity index (χ0v) is 14.0. The first-order valence-electron chi connectivity index (χ1n) is 7.80. The summed E-state index contributed by atoms with van der Waals surface area (Å²) >= 11 is 6.29. The third kappa shape index (κ3) is 3.05. The molecule has 1 aliphatic heterocycles. The summed E-state index contributed by atoms with van der Waals surface area (Å²) in [5.41, 5.74) is 2.74. The SMILES string of the molecule is CN(Cc1cc(Cl)c2c(c1)OCCO2)Cc1nc2ccccc2o1. The molecule has 0 bridgehead atoms. The van der Waals surface area contributed by atoms with E-state index >= 15 is 0 Å². The minimum Gasteiger partial charge on any atom is -0.486 e. The fraction of sp³-hybridized carbons (Fsp3) is 0.278. The van der Waals surface area contributed by atoms with E-state index in [1.807, 2.05) is 43.4 Å². The molecule has 0 spiro atoms. The molecule has 1 aromatic heterocycles. The van der Waals surface area contributed by atoms with Crippen LogP contribution in [0.1, 0.15) is 11.5 Å². The van der Waals surface area contributed by atoms with Crippen LogP contribution in [0.15, 0.2) is 40.8 Å². The quantitative estimate of drug-likeness (QED) is 0.718. The van der Waals surface area contributed by atoms with Crippen LogP contribution in [0.2, 0.25) is 5.02 Å². The number of hydrogen-bond acceptors (Lipinski definition) is 5. The molecule has 3 aromatic rings. The molecule has 0 amide bonds. The minimum atomic E-state index is 0.531. The van der Waals surface area contributed by atoms with Crippen molar-refractivity contribution in [2.75, 3.05) is 20.3 Å². The summed E-state index contributed by atoms with van der Waals surface area (Å²) < 4.78 is 16.9. The Morgan fingerprint density at radius 3 is 2.83 bits per heavy atom. The molecule has 124 valence electrons. The first-order valence-corrected chi connectivity index (χ1v) is 8.18. The predicted molar refractivity (Wildman–Crippen MR) is 91.6 cm³/mol. The monoisotopic (exact) mass is 344 g/mol. The fourth-order valence-electron chi connectivity index (χ4n) is 2.84. The smallest absolute Gasteiger partial charge is 0.209 e. The van der Waals surface area contributed by atoms with Gasteiger partial charge < -0.3 is 13.9 Å². The van der Waals surface area contributed by atoms with Gasteiger partial charge in [0.2, 0.25) is 5.89 Å². The highest BCUT2D eigenvalue weighted by Gasteiger charge is 2.17. The maximum atomic E-state index is 6.29. The second-order valence-electron chi connectivity index (χ2n) is 5.85. The van der Waals surface area contributed by atoms with E-state index in [1.165, 1.54) is 0 Å². The average molecular weight is 345 g/mol. The van der Waals surface area contributed by atoms with E-state index in [0.29, 0.717) is 48.7 Å². The van der Waals surface area contributed by atoms with Crippen molar-refractivity contribution in [1.29, 1.82) is 0 Å². The molecule has 0 aliphatic carbocycles. The van der Waals surface area contributed by atoms with Crippen molar-refractivity contribution in [3.63, 3.8) is 0 Å². The van der Waals surface area contributed by atoms with E-state index in [-0.39, 0.29) is 0 Å². The van der Waals surface area contributed by atoms with E-state index in [9.17, 15) is 0 Å². The van der Waals surface area contributed by atoms with Crippen molar-refractivity contribution in [2.45, 2.75) is 13.1 Å². The second-order valence-corrected chi connectivity index (χ2v) is 6.26. The Hall–Kier alpha value is -2.24. The molecule has 6 heteroatoms. The van der Waals surface area contributed by atoms with Crippen LogP contribution in [0.5, 0.6) is 11.5 Å². The summed E-state index contributed by atoms with van der Waals surface area (Å²) in [5, 5.41) is 0.581. The highest BCUT2D eigenvalue weighted by atomic mass is 35.5. The van der Waals surface area contributed by atoms with Crippen molar-refractivity contribution in [3.8, 4) is 11.5 Å². The van der Waals surface area contributed by atoms with Crippen LogP contribution < -0.4 is 9.47 Å². The Balaban J connectivity index is 1.49. The van der Waals surface area contributed by atoms with Crippen LogP contribution in [-0.4, -0.2) is 30.1 Å². The van der Waals surface area contributed by atoms with Crippen LogP contribution in [0.4, 0.5) is 0 Å². The average Bonchev–Trinajstić information content (AvgIpc) is 2.96. The number of rotatable bonds is 4. The summed E-state index contributed by atoms with van der Waals surface area (Å²) in [6.07, 6.45) is 0. The molecule has 0 saturated heterocycles.